The van der Waals surface area contributed by atoms with Gasteiger partial charge in [-0.3, -0.25) is 0 Å². The van der Waals surface area contributed by atoms with E-state index in [2.05, 4.69) is 14.7 Å². The Labute approximate surface area is 77.9 Å². The van der Waals surface area contributed by atoms with Crippen LogP contribution in [0.4, 0.5) is 18.9 Å². The summed E-state index contributed by atoms with van der Waals surface area (Å²) in [6, 6.07) is 0. The molecule has 0 fully saturated rings. The van der Waals surface area contributed by atoms with Crippen molar-refractivity contribution in [1.82, 2.24) is 9.97 Å². The summed E-state index contributed by atoms with van der Waals surface area (Å²) >= 11 is 0. The second-order valence-electron chi connectivity index (χ2n) is 2.53. The molecular formula is C7H8F3N3O. The minimum absolute atomic E-state index is 0.0369. The molecule has 0 spiro atoms. The molecular weight excluding hydrogens is 199 g/mol. The molecule has 4 nitrogen and oxygen atoms in total. The second kappa shape index (κ2) is 3.79. The Kier molecular flexibility index (Phi) is 2.90. The molecule has 78 valence electrons. The Bertz CT molecular complexity index is 326. The Morgan fingerprint density at radius 2 is 2.14 bits per heavy atom. The highest BCUT2D eigenvalue weighted by Gasteiger charge is 2.34. The van der Waals surface area contributed by atoms with Gasteiger partial charge in [-0.2, -0.15) is 13.2 Å². The third-order valence-corrected chi connectivity index (χ3v) is 1.43. The molecule has 0 aliphatic heterocycles. The number of nitrogens with two attached hydrogens (primary N) is 1. The minimum Gasteiger partial charge on any atom is -0.396 e. The van der Waals surface area contributed by atoms with Gasteiger partial charge < -0.3 is 10.5 Å². The van der Waals surface area contributed by atoms with Gasteiger partial charge in [0.15, 0.2) is 0 Å². The van der Waals surface area contributed by atoms with E-state index < -0.39 is 12.0 Å². The fourth-order valence-electron chi connectivity index (χ4n) is 0.815. The van der Waals surface area contributed by atoms with E-state index >= 15 is 0 Å². The van der Waals surface area contributed by atoms with Crippen molar-refractivity contribution in [3.8, 4) is 0 Å². The second-order valence-corrected chi connectivity index (χ2v) is 2.53. The van der Waals surface area contributed by atoms with Crippen molar-refractivity contribution < 1.29 is 17.9 Å². The average molecular weight is 207 g/mol. The Hall–Kier alpha value is -1.37. The molecule has 7 heteroatoms. The predicted octanol–water partition coefficient (Wildman–Crippen LogP) is 1.22. The third kappa shape index (κ3) is 2.32. The van der Waals surface area contributed by atoms with Gasteiger partial charge in [-0.15, -0.1) is 0 Å². The number of anilines is 1. The topological polar surface area (TPSA) is 61.0 Å². The first kappa shape index (κ1) is 10.7. The van der Waals surface area contributed by atoms with Gasteiger partial charge in [0.2, 0.25) is 5.82 Å². The molecule has 0 aromatic carbocycles. The summed E-state index contributed by atoms with van der Waals surface area (Å²) in [5.41, 5.74) is 5.47. The molecule has 2 N–H and O–H groups in total. The first-order chi connectivity index (χ1) is 6.45. The summed E-state index contributed by atoms with van der Waals surface area (Å²) in [5, 5.41) is 0. The van der Waals surface area contributed by atoms with Gasteiger partial charge in [-0.1, -0.05) is 0 Å². The summed E-state index contributed by atoms with van der Waals surface area (Å²) in [5.74, 6) is -1.21. The van der Waals surface area contributed by atoms with Crippen molar-refractivity contribution in [2.45, 2.75) is 12.8 Å². The monoisotopic (exact) mass is 207 g/mol. The van der Waals surface area contributed by atoms with Crippen LogP contribution in [0.25, 0.3) is 0 Å². The van der Waals surface area contributed by atoms with Gasteiger partial charge in [0.25, 0.3) is 0 Å². The number of alkyl halides is 3. The van der Waals surface area contributed by atoms with E-state index in [4.69, 9.17) is 5.73 Å². The van der Waals surface area contributed by atoms with E-state index in [0.29, 0.717) is 0 Å². The molecule has 0 amide bonds. The largest absolute Gasteiger partial charge is 0.451 e. The number of rotatable bonds is 2. The standard InChI is InChI=1S/C7H8F3N3O/c1-14-3-5-4(11)2-12-6(13-5)7(8,9)10/h2H,3,11H2,1H3. The maximum Gasteiger partial charge on any atom is 0.451 e. The Balaban J connectivity index is 3.06. The first-order valence-electron chi connectivity index (χ1n) is 3.62. The van der Waals surface area contributed by atoms with Gasteiger partial charge in [-0.25, -0.2) is 9.97 Å². The van der Waals surface area contributed by atoms with Gasteiger partial charge in [0.1, 0.15) is 0 Å². The van der Waals surface area contributed by atoms with E-state index in [-0.39, 0.29) is 18.0 Å². The lowest BCUT2D eigenvalue weighted by atomic mass is 10.3. The number of hydrogen-bond donors (Lipinski definition) is 1. The van der Waals surface area contributed by atoms with Gasteiger partial charge in [-0.05, 0) is 0 Å². The highest BCUT2D eigenvalue weighted by Crippen LogP contribution is 2.26. The molecule has 1 aromatic heterocycles. The van der Waals surface area contributed by atoms with E-state index in [9.17, 15) is 13.2 Å². The predicted molar refractivity (Wildman–Crippen MR) is 42.2 cm³/mol. The van der Waals surface area contributed by atoms with Crippen LogP contribution >= 0.6 is 0 Å². The summed E-state index contributed by atoms with van der Waals surface area (Å²) in [6.45, 7) is -0.0720. The van der Waals surface area contributed by atoms with Crippen LogP contribution < -0.4 is 5.73 Å². The number of nitrogens with zero attached hydrogens (tertiary/aromatic N) is 2. The first-order valence-corrected chi connectivity index (χ1v) is 3.62. The quantitative estimate of drug-likeness (QED) is 0.792. The molecule has 0 bridgehead atoms. The Morgan fingerprint density at radius 1 is 1.50 bits per heavy atom. The zero-order valence-electron chi connectivity index (χ0n) is 7.30. The molecule has 14 heavy (non-hydrogen) atoms. The van der Waals surface area contributed by atoms with Crippen LogP contribution in [0, 0.1) is 0 Å². The van der Waals surface area contributed by atoms with Crippen LogP contribution in [0.3, 0.4) is 0 Å². The van der Waals surface area contributed by atoms with Crippen LogP contribution in [-0.2, 0) is 17.5 Å². The number of nitrogen functional groups attached to an aromatic ring is 1. The molecule has 1 heterocycles. The van der Waals surface area contributed by atoms with Gasteiger partial charge in [0.05, 0.1) is 24.2 Å². The molecule has 0 saturated heterocycles. The molecule has 0 aliphatic rings. The van der Waals surface area contributed by atoms with Crippen molar-refractivity contribution in [2.75, 3.05) is 12.8 Å². The fourth-order valence-corrected chi connectivity index (χ4v) is 0.815. The number of aromatic nitrogens is 2. The van der Waals surface area contributed by atoms with Crippen molar-refractivity contribution in [3.05, 3.63) is 17.7 Å². The molecule has 0 atom stereocenters. The summed E-state index contributed by atoms with van der Waals surface area (Å²) in [6.07, 6.45) is -3.64. The van der Waals surface area contributed by atoms with Gasteiger partial charge >= 0.3 is 6.18 Å². The minimum atomic E-state index is -4.56. The zero-order valence-corrected chi connectivity index (χ0v) is 7.30. The lowest BCUT2D eigenvalue weighted by Crippen LogP contribution is -2.14. The summed E-state index contributed by atoms with van der Waals surface area (Å²) in [4.78, 5) is 6.32. The maximum absolute atomic E-state index is 12.1. The molecule has 0 radical (unpaired) electrons. The van der Waals surface area contributed by atoms with E-state index in [1.54, 1.807) is 0 Å². The smallest absolute Gasteiger partial charge is 0.396 e. The van der Waals surface area contributed by atoms with Crippen LogP contribution in [-0.4, -0.2) is 17.1 Å². The van der Waals surface area contributed by atoms with Crippen molar-refractivity contribution >= 4 is 5.69 Å². The zero-order chi connectivity index (χ0) is 10.8. The third-order valence-electron chi connectivity index (χ3n) is 1.43. The molecule has 1 rings (SSSR count). The number of ether oxygens (including phenoxy) is 1. The maximum atomic E-state index is 12.1. The van der Waals surface area contributed by atoms with Crippen LogP contribution in [0.1, 0.15) is 11.5 Å². The Morgan fingerprint density at radius 3 is 2.64 bits per heavy atom. The molecule has 0 aliphatic carbocycles. The SMILES string of the molecule is COCc1nc(C(F)(F)F)ncc1N. The van der Waals surface area contributed by atoms with Crippen LogP contribution in [0.15, 0.2) is 6.20 Å². The van der Waals surface area contributed by atoms with E-state index in [1.165, 1.54) is 7.11 Å². The lowest BCUT2D eigenvalue weighted by Gasteiger charge is -2.07. The van der Waals surface area contributed by atoms with Gasteiger partial charge in [0, 0.05) is 7.11 Å². The normalized spacial score (nSPS) is 11.7. The van der Waals surface area contributed by atoms with Crippen LogP contribution in [0.2, 0.25) is 0 Å². The van der Waals surface area contributed by atoms with Crippen molar-refractivity contribution in [3.63, 3.8) is 0 Å². The van der Waals surface area contributed by atoms with E-state index in [1.807, 2.05) is 0 Å². The summed E-state index contributed by atoms with van der Waals surface area (Å²) in [7, 11) is 1.34. The number of methoxy groups -OCH3 is 1. The van der Waals surface area contributed by atoms with E-state index in [0.717, 1.165) is 6.20 Å². The lowest BCUT2D eigenvalue weighted by molar-refractivity contribution is -0.145. The fraction of sp³-hybridized carbons (Fsp3) is 0.429. The number of halogens is 3. The van der Waals surface area contributed by atoms with Crippen molar-refractivity contribution in [2.24, 2.45) is 0 Å². The van der Waals surface area contributed by atoms with Crippen molar-refractivity contribution in [1.29, 1.82) is 0 Å². The molecule has 0 saturated carbocycles. The number of hydrogen-bond acceptors (Lipinski definition) is 4. The average Bonchev–Trinajstić information content (AvgIpc) is 2.07. The molecule has 1 aromatic rings. The molecule has 0 unspecified atom stereocenters. The highest BCUT2D eigenvalue weighted by atomic mass is 19.4. The highest BCUT2D eigenvalue weighted by molar-refractivity contribution is 5.39. The summed E-state index contributed by atoms with van der Waals surface area (Å²) < 4.78 is 41.0. The van der Waals surface area contributed by atoms with Crippen LogP contribution in [0.5, 0.6) is 0 Å².